The van der Waals surface area contributed by atoms with Crippen LogP contribution in [0.2, 0.25) is 0 Å². The summed E-state index contributed by atoms with van der Waals surface area (Å²) in [6.45, 7) is 9.41. The topological polar surface area (TPSA) is 44.7 Å². The number of hydrogen-bond acceptors (Lipinski definition) is 5. The van der Waals surface area contributed by atoms with Crippen LogP contribution in [0.4, 0.5) is 16.5 Å². The fourth-order valence-electron chi connectivity index (χ4n) is 3.72. The van der Waals surface area contributed by atoms with Crippen LogP contribution in [0.3, 0.4) is 0 Å². The van der Waals surface area contributed by atoms with Gasteiger partial charge in [-0.05, 0) is 62.7 Å². The first-order valence-corrected chi connectivity index (χ1v) is 11.8. The molecule has 2 aromatic heterocycles. The van der Waals surface area contributed by atoms with Gasteiger partial charge in [0.1, 0.15) is 6.54 Å². The Labute approximate surface area is 216 Å². The number of thiazole rings is 1. The van der Waals surface area contributed by atoms with Gasteiger partial charge in [0.2, 0.25) is 10.6 Å². The number of para-hydroxylation sites is 1. The van der Waals surface area contributed by atoms with Crippen molar-refractivity contribution in [1.82, 2.24) is 4.98 Å². The second kappa shape index (κ2) is 12.0. The van der Waals surface area contributed by atoms with E-state index in [1.54, 1.807) is 0 Å². The Hall–Kier alpha value is -2.65. The Morgan fingerprint density at radius 3 is 2.42 bits per heavy atom. The largest absolute Gasteiger partial charge is 1.00 e. The second-order valence-electron chi connectivity index (χ2n) is 7.34. The third-order valence-electron chi connectivity index (χ3n) is 5.47. The molecule has 0 N–H and O–H groups in total. The molecule has 0 fully saturated rings. The molecule has 0 aliphatic rings. The number of aryl methyl sites for hydroxylation is 1. The third-order valence-corrected chi connectivity index (χ3v) is 6.31. The third kappa shape index (κ3) is 6.03. The number of rotatable bonds is 8. The van der Waals surface area contributed by atoms with E-state index in [4.69, 9.17) is 0 Å². The van der Waals surface area contributed by atoms with Crippen LogP contribution in [-0.2, 0) is 6.54 Å². The van der Waals surface area contributed by atoms with Gasteiger partial charge in [-0.2, -0.15) is 4.57 Å². The van der Waals surface area contributed by atoms with Crippen LogP contribution in [-0.4, -0.2) is 18.1 Å². The number of halogens is 1. The first-order chi connectivity index (χ1) is 15.7. The molecular weight excluding hydrogens is 541 g/mol. The fraction of sp³-hybridized carbons (Fsp3) is 0.231. The van der Waals surface area contributed by atoms with E-state index >= 15 is 0 Å². The molecule has 0 bridgehead atoms. The average molecular weight is 570 g/mol. The quantitative estimate of drug-likeness (QED) is 0.183. The lowest BCUT2D eigenvalue weighted by Gasteiger charge is -2.20. The summed E-state index contributed by atoms with van der Waals surface area (Å²) in [5.74, 6) is 0. The molecule has 0 saturated carbocycles. The predicted molar refractivity (Wildman–Crippen MR) is 135 cm³/mol. The molecule has 170 valence electrons. The lowest BCUT2D eigenvalue weighted by Crippen LogP contribution is -3.00. The molecule has 4 aromatic rings. The summed E-state index contributed by atoms with van der Waals surface area (Å²) < 4.78 is 2.26. The van der Waals surface area contributed by atoms with Crippen LogP contribution in [0, 0.1) is 0 Å². The second-order valence-corrected chi connectivity index (χ2v) is 8.38. The lowest BCUT2D eigenvalue weighted by atomic mass is 10.1. The van der Waals surface area contributed by atoms with Crippen molar-refractivity contribution in [2.45, 2.75) is 27.3 Å². The van der Waals surface area contributed by atoms with Crippen LogP contribution in [0.15, 0.2) is 77.2 Å². The minimum Gasteiger partial charge on any atom is -1.00 e. The SMILES string of the molecule is CCN(CC)c1ccc(N=Nc2ncc(/C=C/c3cc[n+](CC)c4ccccc34)s2)cc1.[I-]. The molecule has 7 heteroatoms. The van der Waals surface area contributed by atoms with Crippen molar-refractivity contribution < 1.29 is 28.5 Å². The van der Waals surface area contributed by atoms with Gasteiger partial charge in [0.15, 0.2) is 6.20 Å². The molecule has 0 saturated heterocycles. The zero-order valence-corrected chi connectivity index (χ0v) is 22.1. The van der Waals surface area contributed by atoms with Gasteiger partial charge >= 0.3 is 0 Å². The summed E-state index contributed by atoms with van der Waals surface area (Å²) in [5.41, 5.74) is 4.46. The highest BCUT2D eigenvalue weighted by molar-refractivity contribution is 7.16. The molecule has 0 radical (unpaired) electrons. The average Bonchev–Trinajstić information content (AvgIpc) is 3.30. The molecule has 0 aliphatic heterocycles. The van der Waals surface area contributed by atoms with Crippen LogP contribution in [0.5, 0.6) is 0 Å². The number of anilines is 1. The van der Waals surface area contributed by atoms with Crippen LogP contribution >= 0.6 is 11.3 Å². The van der Waals surface area contributed by atoms with E-state index in [1.165, 1.54) is 33.5 Å². The number of fused-ring (bicyclic) bond motifs is 1. The van der Waals surface area contributed by atoms with Gasteiger partial charge in [0.05, 0.1) is 11.1 Å². The predicted octanol–water partition coefficient (Wildman–Crippen LogP) is 4.04. The summed E-state index contributed by atoms with van der Waals surface area (Å²) in [6, 6.07) is 18.8. The zero-order valence-electron chi connectivity index (χ0n) is 19.1. The highest BCUT2D eigenvalue weighted by atomic mass is 127. The number of hydrogen-bond donors (Lipinski definition) is 0. The number of nitrogens with zero attached hydrogens (tertiary/aromatic N) is 5. The monoisotopic (exact) mass is 569 g/mol. The maximum absolute atomic E-state index is 4.40. The summed E-state index contributed by atoms with van der Waals surface area (Å²) in [5, 5.41) is 10.6. The van der Waals surface area contributed by atoms with Crippen molar-refractivity contribution in [3.05, 3.63) is 77.4 Å². The zero-order chi connectivity index (χ0) is 22.3. The van der Waals surface area contributed by atoms with Crippen molar-refractivity contribution in [3.8, 4) is 0 Å². The maximum Gasteiger partial charge on any atom is 0.230 e. The number of aromatic nitrogens is 2. The Kier molecular flexibility index (Phi) is 9.08. The number of pyridine rings is 1. The molecule has 0 amide bonds. The van der Waals surface area contributed by atoms with E-state index in [0.29, 0.717) is 5.13 Å². The molecule has 0 atom stereocenters. The number of azo groups is 1. The van der Waals surface area contributed by atoms with Crippen LogP contribution in [0.25, 0.3) is 23.1 Å². The van der Waals surface area contributed by atoms with E-state index in [1.807, 2.05) is 18.3 Å². The van der Waals surface area contributed by atoms with Gasteiger partial charge in [-0.15, -0.1) is 10.2 Å². The molecule has 0 unspecified atom stereocenters. The summed E-state index contributed by atoms with van der Waals surface area (Å²) in [7, 11) is 0. The molecule has 0 aliphatic carbocycles. The first kappa shape index (κ1) is 25.0. The van der Waals surface area contributed by atoms with E-state index in [0.717, 1.165) is 30.2 Å². The molecule has 5 nitrogen and oxygen atoms in total. The van der Waals surface area contributed by atoms with Gasteiger partial charge in [-0.25, -0.2) is 4.98 Å². The molecule has 4 rings (SSSR count). The van der Waals surface area contributed by atoms with Crippen LogP contribution < -0.4 is 33.4 Å². The molecular formula is C26H28IN5S. The van der Waals surface area contributed by atoms with E-state index in [2.05, 4.69) is 106 Å². The summed E-state index contributed by atoms with van der Waals surface area (Å²) >= 11 is 1.53. The molecule has 33 heavy (non-hydrogen) atoms. The van der Waals surface area contributed by atoms with Gasteiger partial charge in [-0.1, -0.05) is 29.5 Å². The van der Waals surface area contributed by atoms with Gasteiger partial charge in [0, 0.05) is 42.0 Å². The van der Waals surface area contributed by atoms with Gasteiger partial charge in [0.25, 0.3) is 0 Å². The van der Waals surface area contributed by atoms with Crippen molar-refractivity contribution in [3.63, 3.8) is 0 Å². The van der Waals surface area contributed by atoms with Crippen molar-refractivity contribution in [2.75, 3.05) is 18.0 Å². The van der Waals surface area contributed by atoms with E-state index in [9.17, 15) is 0 Å². The first-order valence-electron chi connectivity index (χ1n) is 11.0. The van der Waals surface area contributed by atoms with Crippen molar-refractivity contribution >= 4 is 50.9 Å². The summed E-state index contributed by atoms with van der Waals surface area (Å²) in [4.78, 5) is 7.75. The minimum atomic E-state index is 0. The maximum atomic E-state index is 4.40. The Bertz CT molecular complexity index is 1240. The summed E-state index contributed by atoms with van der Waals surface area (Å²) in [6.07, 6.45) is 8.21. The Balaban J connectivity index is 0.00000306. The standard InChI is InChI=1S/C26H28N5S.HI/c1-4-30(5-2)22-14-12-21(13-15-22)28-29-26-27-19-23(32-26)16-11-20-17-18-31(6-3)25-10-8-7-9-24(20)25;/h7-19H,4-6H2,1-3H3;1H/q+1;/p-1. The molecule has 2 heterocycles. The Morgan fingerprint density at radius 2 is 1.70 bits per heavy atom. The Morgan fingerprint density at radius 1 is 0.939 bits per heavy atom. The molecule has 0 spiro atoms. The van der Waals surface area contributed by atoms with E-state index < -0.39 is 0 Å². The van der Waals surface area contributed by atoms with Crippen molar-refractivity contribution in [2.24, 2.45) is 10.2 Å². The van der Waals surface area contributed by atoms with Crippen LogP contribution in [0.1, 0.15) is 31.2 Å². The minimum absolute atomic E-state index is 0. The normalized spacial score (nSPS) is 11.4. The van der Waals surface area contributed by atoms with Gasteiger partial charge in [-0.3, -0.25) is 0 Å². The number of benzene rings is 2. The van der Waals surface area contributed by atoms with E-state index in [-0.39, 0.29) is 24.0 Å². The smallest absolute Gasteiger partial charge is 0.230 e. The van der Waals surface area contributed by atoms with Crippen molar-refractivity contribution in [1.29, 1.82) is 0 Å². The lowest BCUT2D eigenvalue weighted by molar-refractivity contribution is -0.667. The van der Waals surface area contributed by atoms with Gasteiger partial charge < -0.3 is 28.9 Å². The molecule has 2 aromatic carbocycles. The highest BCUT2D eigenvalue weighted by Gasteiger charge is 2.09. The fourth-order valence-corrected chi connectivity index (χ4v) is 4.36. The highest BCUT2D eigenvalue weighted by Crippen LogP contribution is 2.27.